The van der Waals surface area contributed by atoms with E-state index in [2.05, 4.69) is 19.1 Å². The molecule has 0 radical (unpaired) electrons. The normalized spacial score (nSPS) is 11.0. The van der Waals surface area contributed by atoms with Crippen molar-refractivity contribution in [2.75, 3.05) is 0 Å². The van der Waals surface area contributed by atoms with Crippen LogP contribution in [0.1, 0.15) is 44.4 Å². The molecule has 2 aromatic rings. The highest BCUT2D eigenvalue weighted by atomic mass is 32.1. The molecule has 0 spiro atoms. The second kappa shape index (κ2) is 9.31. The van der Waals surface area contributed by atoms with Gasteiger partial charge in [-0.3, -0.25) is 0 Å². The lowest BCUT2D eigenvalue weighted by atomic mass is 10.1. The molecule has 0 atom stereocenters. The topological polar surface area (TPSA) is 26.3 Å². The van der Waals surface area contributed by atoms with Gasteiger partial charge in [-0.15, -0.1) is 11.3 Å². The second-order valence-corrected chi connectivity index (χ2v) is 6.65. The molecule has 2 rings (SSSR count). The van der Waals surface area contributed by atoms with Gasteiger partial charge in [-0.05, 0) is 61.2 Å². The van der Waals surface area contributed by atoms with Crippen LogP contribution in [-0.4, -0.2) is 5.97 Å². The van der Waals surface area contributed by atoms with E-state index in [-0.39, 0.29) is 5.97 Å². The van der Waals surface area contributed by atoms with Crippen LogP contribution in [-0.2, 0) is 11.2 Å². The Bertz CT molecular complexity index is 638. The molecular formula is C20H24O2S. The Morgan fingerprint density at radius 3 is 2.57 bits per heavy atom. The van der Waals surface area contributed by atoms with Crippen molar-refractivity contribution in [1.29, 1.82) is 0 Å². The molecule has 2 nitrogen and oxygen atoms in total. The molecule has 0 aliphatic rings. The number of allylic oxidation sites excluding steroid dienone is 1. The second-order valence-electron chi connectivity index (χ2n) is 5.48. The Labute approximate surface area is 142 Å². The van der Waals surface area contributed by atoms with Crippen molar-refractivity contribution in [3.63, 3.8) is 0 Å². The molecule has 0 N–H and O–H groups in total. The first-order valence-electron chi connectivity index (χ1n) is 8.30. The Balaban J connectivity index is 1.96. The minimum atomic E-state index is -0.325. The van der Waals surface area contributed by atoms with E-state index in [1.165, 1.54) is 40.7 Å². The van der Waals surface area contributed by atoms with Gasteiger partial charge in [0.25, 0.3) is 0 Å². The predicted octanol–water partition coefficient (Wildman–Crippen LogP) is 6.02. The highest BCUT2D eigenvalue weighted by Crippen LogP contribution is 2.30. The van der Waals surface area contributed by atoms with Crippen LogP contribution in [0.25, 0.3) is 10.4 Å². The van der Waals surface area contributed by atoms with Crippen molar-refractivity contribution in [3.05, 3.63) is 53.4 Å². The summed E-state index contributed by atoms with van der Waals surface area (Å²) in [6, 6.07) is 12.1. The predicted molar refractivity (Wildman–Crippen MR) is 98.1 cm³/mol. The summed E-state index contributed by atoms with van der Waals surface area (Å²) in [7, 11) is 0. The summed E-state index contributed by atoms with van der Waals surface area (Å²) in [5.41, 5.74) is 1.17. The highest BCUT2D eigenvalue weighted by Gasteiger charge is 2.05. The van der Waals surface area contributed by atoms with Crippen molar-refractivity contribution < 1.29 is 9.53 Å². The summed E-state index contributed by atoms with van der Waals surface area (Å²) < 4.78 is 5.26. The van der Waals surface area contributed by atoms with Gasteiger partial charge in [0.05, 0.1) is 0 Å². The van der Waals surface area contributed by atoms with Crippen LogP contribution in [0.3, 0.4) is 0 Å². The van der Waals surface area contributed by atoms with Gasteiger partial charge in [0, 0.05) is 15.8 Å². The summed E-state index contributed by atoms with van der Waals surface area (Å²) in [6.07, 6.45) is 9.06. The summed E-state index contributed by atoms with van der Waals surface area (Å²) in [6.45, 7) is 4.21. The number of rotatable bonds is 8. The standard InChI is InChI=1S/C20H24O2S/c1-3-5-7-8-18-14-15-19(23-18)16-10-12-17(13-11-16)22-20(21)9-6-4-2/h6,9-15H,3-5,7-8H2,1-2H3. The first kappa shape index (κ1) is 17.5. The third kappa shape index (κ3) is 5.68. The van der Waals surface area contributed by atoms with Crippen LogP contribution in [0.2, 0.25) is 0 Å². The summed E-state index contributed by atoms with van der Waals surface area (Å²) in [5.74, 6) is 0.258. The number of aryl methyl sites for hydroxylation is 1. The van der Waals surface area contributed by atoms with Gasteiger partial charge in [0.15, 0.2) is 0 Å². The molecule has 0 unspecified atom stereocenters. The summed E-state index contributed by atoms with van der Waals surface area (Å²) in [4.78, 5) is 14.3. The summed E-state index contributed by atoms with van der Waals surface area (Å²) >= 11 is 1.85. The number of carbonyl (C=O) groups is 1. The van der Waals surface area contributed by atoms with E-state index in [9.17, 15) is 4.79 Å². The van der Waals surface area contributed by atoms with E-state index in [0.717, 1.165) is 12.8 Å². The molecule has 0 amide bonds. The molecule has 0 aliphatic carbocycles. The largest absolute Gasteiger partial charge is 0.423 e. The number of hydrogen-bond donors (Lipinski definition) is 0. The van der Waals surface area contributed by atoms with Gasteiger partial charge >= 0.3 is 5.97 Å². The zero-order chi connectivity index (χ0) is 16.5. The average molecular weight is 328 g/mol. The van der Waals surface area contributed by atoms with E-state index < -0.39 is 0 Å². The minimum Gasteiger partial charge on any atom is -0.423 e. The van der Waals surface area contributed by atoms with Crippen molar-refractivity contribution in [2.45, 2.75) is 46.0 Å². The molecule has 0 aliphatic heterocycles. The van der Waals surface area contributed by atoms with E-state index in [1.807, 2.05) is 42.5 Å². The maximum absolute atomic E-state index is 11.5. The SMILES string of the molecule is CCC=CC(=O)Oc1ccc(-c2ccc(CCCCC)s2)cc1. The molecule has 0 fully saturated rings. The lowest BCUT2D eigenvalue weighted by molar-refractivity contribution is -0.129. The zero-order valence-corrected chi connectivity index (χ0v) is 14.7. The lowest BCUT2D eigenvalue weighted by Crippen LogP contribution is -2.03. The summed E-state index contributed by atoms with van der Waals surface area (Å²) in [5, 5.41) is 0. The fourth-order valence-electron chi connectivity index (χ4n) is 2.27. The number of esters is 1. The Morgan fingerprint density at radius 2 is 1.87 bits per heavy atom. The third-order valence-electron chi connectivity index (χ3n) is 3.54. The lowest BCUT2D eigenvalue weighted by Gasteiger charge is -2.03. The molecule has 0 saturated heterocycles. The van der Waals surface area contributed by atoms with Gasteiger partial charge in [0.1, 0.15) is 5.75 Å². The number of unbranched alkanes of at least 4 members (excludes halogenated alkanes) is 2. The van der Waals surface area contributed by atoms with Crippen LogP contribution in [0.15, 0.2) is 48.6 Å². The Morgan fingerprint density at radius 1 is 1.09 bits per heavy atom. The molecular weight excluding hydrogens is 304 g/mol. The first-order chi connectivity index (χ1) is 11.2. The fourth-order valence-corrected chi connectivity index (χ4v) is 3.32. The number of ether oxygens (including phenoxy) is 1. The molecule has 122 valence electrons. The van der Waals surface area contributed by atoms with E-state index in [0.29, 0.717) is 5.75 Å². The van der Waals surface area contributed by atoms with E-state index in [1.54, 1.807) is 6.08 Å². The average Bonchev–Trinajstić information content (AvgIpc) is 3.03. The van der Waals surface area contributed by atoms with Crippen LogP contribution in [0, 0.1) is 0 Å². The number of thiophene rings is 1. The van der Waals surface area contributed by atoms with Crippen molar-refractivity contribution in [2.24, 2.45) is 0 Å². The van der Waals surface area contributed by atoms with Gasteiger partial charge in [-0.1, -0.05) is 32.8 Å². The smallest absolute Gasteiger partial charge is 0.335 e. The van der Waals surface area contributed by atoms with Gasteiger partial charge < -0.3 is 4.74 Å². The number of carbonyl (C=O) groups excluding carboxylic acids is 1. The van der Waals surface area contributed by atoms with Crippen LogP contribution >= 0.6 is 11.3 Å². The Hall–Kier alpha value is -1.87. The molecule has 0 bridgehead atoms. The Kier molecular flexibility index (Phi) is 7.08. The molecule has 1 heterocycles. The molecule has 0 saturated carbocycles. The monoisotopic (exact) mass is 328 g/mol. The van der Waals surface area contributed by atoms with Crippen LogP contribution < -0.4 is 4.74 Å². The van der Waals surface area contributed by atoms with Crippen LogP contribution in [0.4, 0.5) is 0 Å². The molecule has 3 heteroatoms. The molecule has 1 aromatic carbocycles. The zero-order valence-electron chi connectivity index (χ0n) is 13.9. The molecule has 1 aromatic heterocycles. The van der Waals surface area contributed by atoms with E-state index >= 15 is 0 Å². The molecule has 23 heavy (non-hydrogen) atoms. The van der Waals surface area contributed by atoms with Crippen molar-refractivity contribution >= 4 is 17.3 Å². The maximum Gasteiger partial charge on any atom is 0.335 e. The highest BCUT2D eigenvalue weighted by molar-refractivity contribution is 7.15. The van der Waals surface area contributed by atoms with Gasteiger partial charge in [-0.25, -0.2) is 4.79 Å². The van der Waals surface area contributed by atoms with Gasteiger partial charge in [0.2, 0.25) is 0 Å². The van der Waals surface area contributed by atoms with Crippen molar-refractivity contribution in [3.8, 4) is 16.2 Å². The quantitative estimate of drug-likeness (QED) is 0.256. The third-order valence-corrected chi connectivity index (χ3v) is 4.73. The van der Waals surface area contributed by atoms with Gasteiger partial charge in [-0.2, -0.15) is 0 Å². The van der Waals surface area contributed by atoms with E-state index in [4.69, 9.17) is 4.74 Å². The minimum absolute atomic E-state index is 0.325. The van der Waals surface area contributed by atoms with Crippen LogP contribution in [0.5, 0.6) is 5.75 Å². The van der Waals surface area contributed by atoms with Crippen molar-refractivity contribution in [1.82, 2.24) is 0 Å². The first-order valence-corrected chi connectivity index (χ1v) is 9.12. The number of hydrogen-bond acceptors (Lipinski definition) is 3. The fraction of sp³-hybridized carbons (Fsp3) is 0.350. The maximum atomic E-state index is 11.5. The number of benzene rings is 1.